The highest BCUT2D eigenvalue weighted by molar-refractivity contribution is 5.93. The van der Waals surface area contributed by atoms with Gasteiger partial charge in [-0.2, -0.15) is 0 Å². The number of ether oxygens (including phenoxy) is 2. The number of rotatable bonds is 6. The predicted octanol–water partition coefficient (Wildman–Crippen LogP) is 4.60. The molecule has 0 spiro atoms. The van der Waals surface area contributed by atoms with Gasteiger partial charge in [0.1, 0.15) is 11.5 Å². The second-order valence-electron chi connectivity index (χ2n) is 10.0. The summed E-state index contributed by atoms with van der Waals surface area (Å²) in [5.41, 5.74) is 0.420. The molecule has 168 valence electrons. The summed E-state index contributed by atoms with van der Waals surface area (Å²) in [5, 5.41) is 13.6. The van der Waals surface area contributed by atoms with Gasteiger partial charge >= 0.3 is 5.97 Å². The highest BCUT2D eigenvalue weighted by Gasteiger charge is 2.60. The minimum absolute atomic E-state index is 0.323. The van der Waals surface area contributed by atoms with Crippen LogP contribution in [0.25, 0.3) is 0 Å². The van der Waals surface area contributed by atoms with Gasteiger partial charge in [-0.3, -0.25) is 9.59 Å². The maximum Gasteiger partial charge on any atom is 0.312 e. The Morgan fingerprint density at radius 2 is 1.56 bits per heavy atom. The van der Waals surface area contributed by atoms with Crippen molar-refractivity contribution in [1.29, 1.82) is 0 Å². The fraction of sp³-hybridized carbons (Fsp3) is 0.462. The van der Waals surface area contributed by atoms with Gasteiger partial charge < -0.3 is 19.9 Å². The molecule has 6 heteroatoms. The van der Waals surface area contributed by atoms with Gasteiger partial charge in [-0.05, 0) is 93.7 Å². The minimum Gasteiger partial charge on any atom is -0.457 e. The second kappa shape index (κ2) is 7.93. The van der Waals surface area contributed by atoms with Crippen LogP contribution < -0.4 is 10.1 Å². The van der Waals surface area contributed by atoms with Crippen molar-refractivity contribution in [2.75, 3.05) is 11.9 Å². The molecular formula is C26H29NO5. The minimum atomic E-state index is -0.728. The summed E-state index contributed by atoms with van der Waals surface area (Å²) < 4.78 is 11.2. The Bertz CT molecular complexity index is 1000. The van der Waals surface area contributed by atoms with Crippen LogP contribution in [0.2, 0.25) is 0 Å². The number of aryl methyl sites for hydroxylation is 1. The number of carbonyl (C=O) groups excluding carboxylic acids is 2. The van der Waals surface area contributed by atoms with Crippen LogP contribution in [0.4, 0.5) is 5.69 Å². The summed E-state index contributed by atoms with van der Waals surface area (Å²) >= 11 is 0. The van der Waals surface area contributed by atoms with Crippen molar-refractivity contribution in [3.63, 3.8) is 0 Å². The summed E-state index contributed by atoms with van der Waals surface area (Å²) in [7, 11) is 0. The van der Waals surface area contributed by atoms with E-state index in [1.165, 1.54) is 0 Å². The van der Waals surface area contributed by atoms with Crippen molar-refractivity contribution in [1.82, 2.24) is 0 Å². The Morgan fingerprint density at radius 3 is 2.16 bits per heavy atom. The first-order chi connectivity index (χ1) is 15.3. The topological polar surface area (TPSA) is 84.9 Å². The number of amides is 1. The second-order valence-corrected chi connectivity index (χ2v) is 10.0. The average molecular weight is 436 g/mol. The monoisotopic (exact) mass is 435 g/mol. The number of esters is 1. The van der Waals surface area contributed by atoms with Gasteiger partial charge in [0.2, 0.25) is 0 Å². The molecule has 0 aliphatic heterocycles. The number of carbonyl (C=O) groups is 2. The van der Waals surface area contributed by atoms with Crippen molar-refractivity contribution in [3.8, 4) is 11.5 Å². The van der Waals surface area contributed by atoms with Gasteiger partial charge in [0.05, 0.1) is 11.0 Å². The summed E-state index contributed by atoms with van der Waals surface area (Å²) in [6.07, 6.45) is 4.70. The van der Waals surface area contributed by atoms with Crippen molar-refractivity contribution in [3.05, 3.63) is 54.1 Å². The van der Waals surface area contributed by atoms with Crippen LogP contribution in [0.3, 0.4) is 0 Å². The first-order valence-corrected chi connectivity index (χ1v) is 11.4. The van der Waals surface area contributed by atoms with Gasteiger partial charge in [-0.15, -0.1) is 0 Å². The molecule has 0 radical (unpaired) electrons. The summed E-state index contributed by atoms with van der Waals surface area (Å²) in [6, 6.07) is 14.8. The number of hydrogen-bond acceptors (Lipinski definition) is 5. The van der Waals surface area contributed by atoms with Crippen molar-refractivity contribution in [2.45, 2.75) is 51.0 Å². The van der Waals surface area contributed by atoms with Gasteiger partial charge in [0, 0.05) is 5.69 Å². The van der Waals surface area contributed by atoms with Crippen LogP contribution in [0.1, 0.15) is 44.1 Å². The molecule has 2 atom stereocenters. The van der Waals surface area contributed by atoms with E-state index in [9.17, 15) is 14.7 Å². The molecule has 32 heavy (non-hydrogen) atoms. The van der Waals surface area contributed by atoms with Gasteiger partial charge in [0.15, 0.2) is 6.61 Å². The summed E-state index contributed by atoms with van der Waals surface area (Å²) in [6.45, 7) is 1.70. The SMILES string of the molecule is Cc1ccc(Oc2ccc(NC(=O)COC(=O)C34CC5CC(CC(O)(C5)C3)C4)cc2)cc1. The Kier molecular flexibility index (Phi) is 5.20. The Hall–Kier alpha value is -2.86. The quantitative estimate of drug-likeness (QED) is 0.648. The van der Waals surface area contributed by atoms with E-state index in [4.69, 9.17) is 9.47 Å². The van der Waals surface area contributed by atoms with Crippen LogP contribution >= 0.6 is 0 Å². The van der Waals surface area contributed by atoms with E-state index in [1.807, 2.05) is 31.2 Å². The predicted molar refractivity (Wildman–Crippen MR) is 119 cm³/mol. The Balaban J connectivity index is 1.13. The molecule has 2 unspecified atom stereocenters. The van der Waals surface area contributed by atoms with Crippen LogP contribution in [0.15, 0.2) is 48.5 Å². The normalized spacial score (nSPS) is 30.1. The number of benzene rings is 2. The summed E-state index contributed by atoms with van der Waals surface area (Å²) in [4.78, 5) is 25.3. The number of aliphatic hydroxyl groups is 1. The van der Waals surface area contributed by atoms with Crippen LogP contribution in [-0.2, 0) is 14.3 Å². The van der Waals surface area contributed by atoms with E-state index in [1.54, 1.807) is 24.3 Å². The van der Waals surface area contributed by atoms with Crippen molar-refractivity contribution in [2.24, 2.45) is 17.3 Å². The first-order valence-electron chi connectivity index (χ1n) is 11.4. The lowest BCUT2D eigenvalue weighted by Crippen LogP contribution is -2.58. The van der Waals surface area contributed by atoms with Gasteiger partial charge in [-0.1, -0.05) is 17.7 Å². The average Bonchev–Trinajstić information content (AvgIpc) is 2.73. The molecule has 0 heterocycles. The highest BCUT2D eigenvalue weighted by atomic mass is 16.5. The zero-order valence-electron chi connectivity index (χ0n) is 18.3. The van der Waals surface area contributed by atoms with E-state index in [0.29, 0.717) is 29.7 Å². The van der Waals surface area contributed by atoms with E-state index < -0.39 is 11.0 Å². The molecule has 2 aromatic carbocycles. The van der Waals surface area contributed by atoms with Crippen molar-refractivity contribution >= 4 is 17.6 Å². The fourth-order valence-electron chi connectivity index (χ4n) is 6.28. The largest absolute Gasteiger partial charge is 0.457 e. The molecule has 0 saturated heterocycles. The fourth-order valence-corrected chi connectivity index (χ4v) is 6.28. The van der Waals surface area contributed by atoms with Gasteiger partial charge in [0.25, 0.3) is 5.91 Å². The Morgan fingerprint density at radius 1 is 0.969 bits per heavy atom. The third-order valence-electron chi connectivity index (χ3n) is 7.19. The van der Waals surface area contributed by atoms with E-state index in [2.05, 4.69) is 5.32 Å². The number of anilines is 1. The highest BCUT2D eigenvalue weighted by Crippen LogP contribution is 2.61. The van der Waals surface area contributed by atoms with Crippen LogP contribution in [0.5, 0.6) is 11.5 Å². The van der Waals surface area contributed by atoms with Crippen molar-refractivity contribution < 1.29 is 24.2 Å². The van der Waals surface area contributed by atoms with E-state index in [0.717, 1.165) is 43.4 Å². The molecule has 4 fully saturated rings. The molecular weight excluding hydrogens is 406 g/mol. The summed E-state index contributed by atoms with van der Waals surface area (Å²) in [5.74, 6) is 1.48. The molecule has 1 amide bonds. The zero-order valence-corrected chi connectivity index (χ0v) is 18.3. The Labute approximate surface area is 187 Å². The van der Waals surface area contributed by atoms with Gasteiger partial charge in [-0.25, -0.2) is 0 Å². The van der Waals surface area contributed by atoms with Crippen LogP contribution in [0, 0.1) is 24.2 Å². The molecule has 2 aromatic rings. The number of nitrogens with one attached hydrogen (secondary N) is 1. The first kappa shape index (κ1) is 21.0. The molecule has 4 aliphatic carbocycles. The maximum atomic E-state index is 12.9. The van der Waals surface area contributed by atoms with E-state index in [-0.39, 0.29) is 18.5 Å². The lowest BCUT2D eigenvalue weighted by Gasteiger charge is -2.58. The smallest absolute Gasteiger partial charge is 0.312 e. The standard InChI is InChI=1S/C26H29NO5/c1-17-2-6-21(7-3-17)32-22-8-4-20(5-9-22)27-23(28)15-31-24(29)25-11-18-10-19(12-25)14-26(30,13-18)16-25/h2-9,18-19,30H,10-16H2,1H3,(H,27,28). The molecule has 0 aromatic heterocycles. The lowest BCUT2D eigenvalue weighted by molar-refractivity contribution is -0.196. The molecule has 4 aliphatic rings. The molecule has 2 N–H and O–H groups in total. The third-order valence-corrected chi connectivity index (χ3v) is 7.19. The lowest BCUT2D eigenvalue weighted by atomic mass is 9.48. The zero-order chi connectivity index (χ0) is 22.3. The molecule has 4 bridgehead atoms. The molecule has 6 nitrogen and oxygen atoms in total. The molecule has 4 saturated carbocycles. The number of hydrogen-bond donors (Lipinski definition) is 2. The van der Waals surface area contributed by atoms with E-state index >= 15 is 0 Å². The third kappa shape index (κ3) is 4.24. The maximum absolute atomic E-state index is 12.9. The molecule has 6 rings (SSSR count). The van der Waals surface area contributed by atoms with Crippen LogP contribution in [-0.4, -0.2) is 29.2 Å².